The Morgan fingerprint density at radius 2 is 2.31 bits per heavy atom. The van der Waals surface area contributed by atoms with Gasteiger partial charge in [-0.25, -0.2) is 4.98 Å². The van der Waals surface area contributed by atoms with E-state index in [1.54, 1.807) is 6.07 Å². The van der Waals surface area contributed by atoms with E-state index < -0.39 is 0 Å². The second-order valence-corrected chi connectivity index (χ2v) is 3.96. The predicted molar refractivity (Wildman–Crippen MR) is 57.6 cm³/mol. The number of carbonyl (C=O) groups is 1. The first kappa shape index (κ1) is 10.7. The maximum atomic E-state index is 11.3. The molecule has 1 N–H and O–H groups in total. The molecule has 0 spiro atoms. The van der Waals surface area contributed by atoms with E-state index in [4.69, 9.17) is 0 Å². The molecule has 0 fully saturated rings. The molecule has 0 radical (unpaired) electrons. The second-order valence-electron chi connectivity index (χ2n) is 2.36. The predicted octanol–water partition coefficient (Wildman–Crippen LogP) is 2.36. The minimum Gasteiger partial charge on any atom is -0.352 e. The van der Waals surface area contributed by atoms with Gasteiger partial charge in [0.1, 0.15) is 4.60 Å². The van der Waals surface area contributed by atoms with Crippen LogP contribution in [0.1, 0.15) is 17.3 Å². The summed E-state index contributed by atoms with van der Waals surface area (Å²) in [6, 6.07) is 1.72. The van der Waals surface area contributed by atoms with Gasteiger partial charge in [0.25, 0.3) is 5.91 Å². The van der Waals surface area contributed by atoms with E-state index >= 15 is 0 Å². The Kier molecular flexibility index (Phi) is 3.87. The Bertz CT molecular complexity index is 328. The van der Waals surface area contributed by atoms with E-state index in [9.17, 15) is 4.79 Å². The molecule has 0 aliphatic heterocycles. The normalized spacial score (nSPS) is 9.77. The lowest BCUT2D eigenvalue weighted by atomic mass is 10.3. The van der Waals surface area contributed by atoms with Gasteiger partial charge in [-0.2, -0.15) is 0 Å². The van der Waals surface area contributed by atoms with Gasteiger partial charge >= 0.3 is 0 Å². The molecule has 70 valence electrons. The first-order valence-electron chi connectivity index (χ1n) is 3.74. The zero-order chi connectivity index (χ0) is 9.84. The molecule has 1 aromatic heterocycles. The lowest BCUT2D eigenvalue weighted by molar-refractivity contribution is 0.0955. The van der Waals surface area contributed by atoms with Crippen LogP contribution in [0.5, 0.6) is 0 Å². The molecule has 1 amide bonds. The Morgan fingerprint density at radius 1 is 1.62 bits per heavy atom. The van der Waals surface area contributed by atoms with E-state index in [1.807, 2.05) is 6.92 Å². The molecule has 1 aromatic rings. The number of nitrogens with zero attached hydrogens (tertiary/aromatic N) is 1. The van der Waals surface area contributed by atoms with Gasteiger partial charge in [0.15, 0.2) is 0 Å². The topological polar surface area (TPSA) is 42.0 Å². The summed E-state index contributed by atoms with van der Waals surface area (Å²) in [6.45, 7) is 2.49. The minimum atomic E-state index is -0.108. The number of halogens is 2. The van der Waals surface area contributed by atoms with Crippen LogP contribution in [0.2, 0.25) is 0 Å². The van der Waals surface area contributed by atoms with Gasteiger partial charge in [-0.05, 0) is 44.8 Å². The molecule has 0 bridgehead atoms. The highest BCUT2D eigenvalue weighted by atomic mass is 79.9. The number of nitrogens with one attached hydrogen (secondary N) is 1. The van der Waals surface area contributed by atoms with Crippen molar-refractivity contribution in [2.24, 2.45) is 0 Å². The molecule has 5 heteroatoms. The van der Waals surface area contributed by atoms with Crippen molar-refractivity contribution in [1.82, 2.24) is 10.3 Å². The molecule has 0 saturated heterocycles. The van der Waals surface area contributed by atoms with Crippen LogP contribution in [-0.4, -0.2) is 17.4 Å². The van der Waals surface area contributed by atoms with Crippen LogP contribution in [0.4, 0.5) is 0 Å². The summed E-state index contributed by atoms with van der Waals surface area (Å²) in [4.78, 5) is 15.3. The molecule has 0 aliphatic rings. The largest absolute Gasteiger partial charge is 0.352 e. The third-order valence-corrected chi connectivity index (χ3v) is 3.16. The smallest absolute Gasteiger partial charge is 0.252 e. The van der Waals surface area contributed by atoms with Crippen molar-refractivity contribution in [3.8, 4) is 0 Å². The molecular formula is C8H8Br2N2O. The number of pyridine rings is 1. The first-order chi connectivity index (χ1) is 6.15. The molecule has 0 atom stereocenters. The van der Waals surface area contributed by atoms with Gasteiger partial charge in [0.05, 0.1) is 10.0 Å². The van der Waals surface area contributed by atoms with Gasteiger partial charge in [-0.3, -0.25) is 4.79 Å². The number of aromatic nitrogens is 1. The lowest BCUT2D eigenvalue weighted by Crippen LogP contribution is -2.22. The first-order valence-corrected chi connectivity index (χ1v) is 5.33. The highest BCUT2D eigenvalue weighted by molar-refractivity contribution is 9.13. The molecule has 0 aromatic carbocycles. The molecule has 13 heavy (non-hydrogen) atoms. The molecule has 0 aliphatic carbocycles. The Balaban J connectivity index is 2.90. The van der Waals surface area contributed by atoms with Crippen molar-refractivity contribution >= 4 is 37.8 Å². The van der Waals surface area contributed by atoms with Crippen molar-refractivity contribution in [3.05, 3.63) is 26.9 Å². The monoisotopic (exact) mass is 306 g/mol. The molecular weight excluding hydrogens is 300 g/mol. The van der Waals surface area contributed by atoms with Crippen LogP contribution in [0, 0.1) is 0 Å². The summed E-state index contributed by atoms with van der Waals surface area (Å²) >= 11 is 6.50. The average molecular weight is 308 g/mol. The Hall–Kier alpha value is -0.420. The third kappa shape index (κ3) is 2.77. The van der Waals surface area contributed by atoms with Gasteiger partial charge in [-0.15, -0.1) is 0 Å². The molecule has 1 rings (SSSR count). The second kappa shape index (κ2) is 4.72. The fourth-order valence-electron chi connectivity index (χ4n) is 0.808. The zero-order valence-electron chi connectivity index (χ0n) is 6.97. The van der Waals surface area contributed by atoms with Crippen LogP contribution < -0.4 is 5.32 Å². The highest BCUT2D eigenvalue weighted by Gasteiger charge is 2.06. The lowest BCUT2D eigenvalue weighted by Gasteiger charge is -2.02. The third-order valence-electron chi connectivity index (χ3n) is 1.40. The molecule has 0 unspecified atom stereocenters. The van der Waals surface area contributed by atoms with Crippen molar-refractivity contribution in [1.29, 1.82) is 0 Å². The van der Waals surface area contributed by atoms with E-state index in [0.29, 0.717) is 16.7 Å². The molecule has 1 heterocycles. The van der Waals surface area contributed by atoms with Crippen molar-refractivity contribution < 1.29 is 4.79 Å². The number of hydrogen-bond donors (Lipinski definition) is 1. The fourth-order valence-corrected chi connectivity index (χ4v) is 1.37. The van der Waals surface area contributed by atoms with Gasteiger partial charge < -0.3 is 5.32 Å². The fraction of sp³-hybridized carbons (Fsp3) is 0.250. The number of hydrogen-bond acceptors (Lipinski definition) is 2. The zero-order valence-corrected chi connectivity index (χ0v) is 10.1. The summed E-state index contributed by atoms with van der Waals surface area (Å²) in [5.74, 6) is -0.108. The van der Waals surface area contributed by atoms with E-state index in [0.717, 1.165) is 4.47 Å². The Labute approximate surface area is 93.2 Å². The summed E-state index contributed by atoms with van der Waals surface area (Å²) < 4.78 is 1.47. The number of amides is 1. The summed E-state index contributed by atoms with van der Waals surface area (Å²) in [7, 11) is 0. The van der Waals surface area contributed by atoms with Crippen LogP contribution in [0.15, 0.2) is 21.3 Å². The maximum Gasteiger partial charge on any atom is 0.252 e. The minimum absolute atomic E-state index is 0.108. The van der Waals surface area contributed by atoms with Crippen molar-refractivity contribution in [2.45, 2.75) is 6.92 Å². The highest BCUT2D eigenvalue weighted by Crippen LogP contribution is 2.20. The van der Waals surface area contributed by atoms with Gasteiger partial charge in [0.2, 0.25) is 0 Å². The molecule has 3 nitrogen and oxygen atoms in total. The van der Waals surface area contributed by atoms with E-state index in [-0.39, 0.29) is 5.91 Å². The standard InChI is InChI=1S/C8H8Br2N2O/c1-2-11-8(13)5-3-6(9)7(10)12-4-5/h3-4H,2H2,1H3,(H,11,13). The SMILES string of the molecule is CCNC(=O)c1cnc(Br)c(Br)c1. The quantitative estimate of drug-likeness (QED) is 0.852. The number of carbonyl (C=O) groups excluding carboxylic acids is 1. The maximum absolute atomic E-state index is 11.3. The summed E-state index contributed by atoms with van der Waals surface area (Å²) in [5, 5.41) is 2.69. The van der Waals surface area contributed by atoms with Crippen molar-refractivity contribution in [3.63, 3.8) is 0 Å². The van der Waals surface area contributed by atoms with Gasteiger partial charge in [-0.1, -0.05) is 0 Å². The Morgan fingerprint density at radius 3 is 2.85 bits per heavy atom. The summed E-state index contributed by atoms with van der Waals surface area (Å²) in [5.41, 5.74) is 0.553. The van der Waals surface area contributed by atoms with Crippen LogP contribution in [0.3, 0.4) is 0 Å². The summed E-state index contributed by atoms with van der Waals surface area (Å²) in [6.07, 6.45) is 1.53. The van der Waals surface area contributed by atoms with E-state index in [2.05, 4.69) is 42.2 Å². The average Bonchev–Trinajstić information content (AvgIpc) is 2.10. The van der Waals surface area contributed by atoms with Gasteiger partial charge in [0, 0.05) is 12.7 Å². The number of rotatable bonds is 2. The molecule has 0 saturated carbocycles. The van der Waals surface area contributed by atoms with Crippen LogP contribution in [0.25, 0.3) is 0 Å². The van der Waals surface area contributed by atoms with E-state index in [1.165, 1.54) is 6.20 Å². The van der Waals surface area contributed by atoms with Crippen LogP contribution >= 0.6 is 31.9 Å². The van der Waals surface area contributed by atoms with Crippen LogP contribution in [-0.2, 0) is 0 Å². The van der Waals surface area contributed by atoms with Crippen molar-refractivity contribution in [2.75, 3.05) is 6.54 Å².